The maximum absolute atomic E-state index is 10.9. The summed E-state index contributed by atoms with van der Waals surface area (Å²) in [7, 11) is 0. The van der Waals surface area contributed by atoms with Crippen molar-refractivity contribution in [2.24, 2.45) is 5.41 Å². The van der Waals surface area contributed by atoms with Crippen molar-refractivity contribution in [2.45, 2.75) is 52.5 Å². The molecule has 1 atom stereocenters. The Morgan fingerprint density at radius 3 is 2.67 bits per heavy atom. The van der Waals surface area contributed by atoms with Crippen LogP contribution in [-0.4, -0.2) is 35.1 Å². The van der Waals surface area contributed by atoms with Crippen LogP contribution < -0.4 is 0 Å². The van der Waals surface area contributed by atoms with Crippen molar-refractivity contribution in [2.75, 3.05) is 13.1 Å². The molecule has 1 unspecified atom stereocenters. The lowest BCUT2D eigenvalue weighted by Crippen LogP contribution is -2.36. The fourth-order valence-electron chi connectivity index (χ4n) is 2.19. The van der Waals surface area contributed by atoms with Gasteiger partial charge in [0.15, 0.2) is 0 Å². The van der Waals surface area contributed by atoms with Crippen molar-refractivity contribution < 1.29 is 9.90 Å². The number of hydrogen-bond donors (Lipinski definition) is 1. The van der Waals surface area contributed by atoms with Crippen LogP contribution in [0.15, 0.2) is 0 Å². The highest BCUT2D eigenvalue weighted by molar-refractivity contribution is 5.73. The van der Waals surface area contributed by atoms with E-state index in [1.807, 2.05) is 0 Å². The van der Waals surface area contributed by atoms with E-state index in [0.717, 1.165) is 38.8 Å². The van der Waals surface area contributed by atoms with Gasteiger partial charge in [0.2, 0.25) is 0 Å². The smallest absolute Gasteiger partial charge is 0.320 e. The molecule has 0 radical (unpaired) electrons. The topological polar surface area (TPSA) is 40.5 Å². The molecule has 3 nitrogen and oxygen atoms in total. The second kappa shape index (κ2) is 4.97. The lowest BCUT2D eigenvalue weighted by molar-refractivity contribution is -0.142. The number of carboxylic acid groups (broad SMARTS) is 1. The minimum Gasteiger partial charge on any atom is -0.480 e. The summed E-state index contributed by atoms with van der Waals surface area (Å²) >= 11 is 0. The Bertz CT molecular complexity index is 220. The van der Waals surface area contributed by atoms with E-state index in [2.05, 4.69) is 25.7 Å². The molecule has 0 aromatic heterocycles. The highest BCUT2D eigenvalue weighted by atomic mass is 16.4. The Morgan fingerprint density at radius 1 is 1.47 bits per heavy atom. The fraction of sp³-hybridized carbons (Fsp3) is 0.917. The first kappa shape index (κ1) is 12.5. The lowest BCUT2D eigenvalue weighted by atomic mass is 9.90. The average Bonchev–Trinajstić information content (AvgIpc) is 2.49. The van der Waals surface area contributed by atoms with Crippen LogP contribution in [0.2, 0.25) is 0 Å². The molecule has 0 saturated carbocycles. The molecule has 0 aromatic carbocycles. The number of aliphatic carboxylic acids is 1. The predicted molar refractivity (Wildman–Crippen MR) is 60.9 cm³/mol. The number of hydrogen-bond acceptors (Lipinski definition) is 2. The summed E-state index contributed by atoms with van der Waals surface area (Å²) in [6, 6.07) is -0.218. The highest BCUT2D eigenvalue weighted by Crippen LogP contribution is 2.23. The lowest BCUT2D eigenvalue weighted by Gasteiger charge is -2.23. The standard InChI is InChI=1S/C12H23NO2/c1-12(2,3)7-5-9-13-8-4-6-10(13)11(14)15/h10H,4-9H2,1-3H3,(H,14,15). The van der Waals surface area contributed by atoms with Gasteiger partial charge in [0, 0.05) is 0 Å². The van der Waals surface area contributed by atoms with Crippen LogP contribution in [0.3, 0.4) is 0 Å². The maximum Gasteiger partial charge on any atom is 0.320 e. The molecule has 1 heterocycles. The van der Waals surface area contributed by atoms with Crippen molar-refractivity contribution in [3.8, 4) is 0 Å². The molecule has 1 aliphatic heterocycles. The zero-order valence-electron chi connectivity index (χ0n) is 10.1. The Morgan fingerprint density at radius 2 is 2.13 bits per heavy atom. The van der Waals surface area contributed by atoms with Crippen LogP contribution in [0.1, 0.15) is 46.5 Å². The van der Waals surface area contributed by atoms with Crippen molar-refractivity contribution in [3.05, 3.63) is 0 Å². The third kappa shape index (κ3) is 4.20. The van der Waals surface area contributed by atoms with Gasteiger partial charge in [-0.15, -0.1) is 0 Å². The van der Waals surface area contributed by atoms with Gasteiger partial charge in [0.1, 0.15) is 6.04 Å². The molecule has 1 saturated heterocycles. The Labute approximate surface area is 92.5 Å². The summed E-state index contributed by atoms with van der Waals surface area (Å²) in [5.41, 5.74) is 0.360. The summed E-state index contributed by atoms with van der Waals surface area (Å²) in [6.07, 6.45) is 4.13. The normalized spacial score (nSPS) is 23.3. The Kier molecular flexibility index (Phi) is 4.14. The van der Waals surface area contributed by atoms with Gasteiger partial charge in [-0.05, 0) is 44.2 Å². The van der Waals surface area contributed by atoms with Crippen molar-refractivity contribution in [1.29, 1.82) is 0 Å². The summed E-state index contributed by atoms with van der Waals surface area (Å²) in [6.45, 7) is 8.58. The summed E-state index contributed by atoms with van der Waals surface area (Å²) in [5.74, 6) is -0.650. The molecule has 15 heavy (non-hydrogen) atoms. The van der Waals surface area contributed by atoms with Crippen LogP contribution in [0.4, 0.5) is 0 Å². The molecule has 0 amide bonds. The molecule has 1 fully saturated rings. The average molecular weight is 213 g/mol. The maximum atomic E-state index is 10.9. The van der Waals surface area contributed by atoms with Gasteiger partial charge >= 0.3 is 5.97 Å². The molecule has 0 aromatic rings. The van der Waals surface area contributed by atoms with E-state index in [4.69, 9.17) is 5.11 Å². The van der Waals surface area contributed by atoms with Crippen LogP contribution in [-0.2, 0) is 4.79 Å². The number of rotatable bonds is 4. The van der Waals surface area contributed by atoms with Crippen LogP contribution in [0.5, 0.6) is 0 Å². The molecular weight excluding hydrogens is 190 g/mol. The van der Waals surface area contributed by atoms with Crippen molar-refractivity contribution in [3.63, 3.8) is 0 Å². The van der Waals surface area contributed by atoms with E-state index >= 15 is 0 Å². The molecule has 1 N–H and O–H groups in total. The zero-order chi connectivity index (χ0) is 11.5. The van der Waals surface area contributed by atoms with Crippen LogP contribution >= 0.6 is 0 Å². The Balaban J connectivity index is 2.29. The van der Waals surface area contributed by atoms with Gasteiger partial charge in [0.05, 0.1) is 0 Å². The van der Waals surface area contributed by atoms with E-state index in [0.29, 0.717) is 5.41 Å². The summed E-state index contributed by atoms with van der Waals surface area (Å²) < 4.78 is 0. The minimum atomic E-state index is -0.650. The first-order valence-electron chi connectivity index (χ1n) is 5.87. The van der Waals surface area contributed by atoms with Gasteiger partial charge in [-0.2, -0.15) is 0 Å². The van der Waals surface area contributed by atoms with Crippen molar-refractivity contribution in [1.82, 2.24) is 4.90 Å². The number of carbonyl (C=O) groups is 1. The molecule has 0 spiro atoms. The Hall–Kier alpha value is -0.570. The number of carboxylic acids is 1. The first-order valence-corrected chi connectivity index (χ1v) is 5.87. The zero-order valence-corrected chi connectivity index (χ0v) is 10.1. The van der Waals surface area contributed by atoms with Gasteiger partial charge in [-0.3, -0.25) is 9.69 Å². The van der Waals surface area contributed by atoms with E-state index in [-0.39, 0.29) is 6.04 Å². The van der Waals surface area contributed by atoms with Crippen LogP contribution in [0, 0.1) is 5.41 Å². The third-order valence-electron chi connectivity index (χ3n) is 3.02. The van der Waals surface area contributed by atoms with Crippen molar-refractivity contribution >= 4 is 5.97 Å². The minimum absolute atomic E-state index is 0.218. The van der Waals surface area contributed by atoms with Gasteiger partial charge in [-0.25, -0.2) is 0 Å². The molecular formula is C12H23NO2. The molecule has 1 aliphatic rings. The SMILES string of the molecule is CC(C)(C)CCCN1CCCC1C(=O)O. The second-order valence-electron chi connectivity index (χ2n) is 5.70. The fourth-order valence-corrected chi connectivity index (χ4v) is 2.19. The first-order chi connectivity index (χ1) is 6.90. The van der Waals surface area contributed by atoms with E-state index in [1.165, 1.54) is 0 Å². The summed E-state index contributed by atoms with van der Waals surface area (Å²) in [4.78, 5) is 13.0. The molecule has 0 bridgehead atoms. The van der Waals surface area contributed by atoms with E-state index < -0.39 is 5.97 Å². The molecule has 88 valence electrons. The molecule has 1 rings (SSSR count). The van der Waals surface area contributed by atoms with Crippen LogP contribution in [0.25, 0.3) is 0 Å². The quantitative estimate of drug-likeness (QED) is 0.779. The van der Waals surface area contributed by atoms with Gasteiger partial charge in [-0.1, -0.05) is 20.8 Å². The number of likely N-dealkylation sites (tertiary alicyclic amines) is 1. The molecule has 0 aliphatic carbocycles. The number of nitrogens with zero attached hydrogens (tertiary/aromatic N) is 1. The highest BCUT2D eigenvalue weighted by Gasteiger charge is 2.29. The van der Waals surface area contributed by atoms with Gasteiger partial charge < -0.3 is 5.11 Å². The van der Waals surface area contributed by atoms with Gasteiger partial charge in [0.25, 0.3) is 0 Å². The molecule has 3 heteroatoms. The van der Waals surface area contributed by atoms with E-state index in [1.54, 1.807) is 0 Å². The monoisotopic (exact) mass is 213 g/mol. The van der Waals surface area contributed by atoms with E-state index in [9.17, 15) is 4.79 Å². The third-order valence-corrected chi connectivity index (χ3v) is 3.02. The summed E-state index contributed by atoms with van der Waals surface area (Å²) in [5, 5.41) is 9.00. The second-order valence-corrected chi connectivity index (χ2v) is 5.70. The largest absolute Gasteiger partial charge is 0.480 e. The predicted octanol–water partition coefficient (Wildman–Crippen LogP) is 2.36.